The van der Waals surface area contributed by atoms with Gasteiger partial charge in [-0.1, -0.05) is 0 Å². The van der Waals surface area contributed by atoms with Crippen molar-refractivity contribution in [2.45, 2.75) is 0 Å². The highest BCUT2D eigenvalue weighted by Gasteiger charge is 2.16. The lowest BCUT2D eigenvalue weighted by Crippen LogP contribution is -2.16. The van der Waals surface area contributed by atoms with Gasteiger partial charge in [0.15, 0.2) is 5.69 Å². The number of anilines is 1. The highest BCUT2D eigenvalue weighted by molar-refractivity contribution is 6.06. The van der Waals surface area contributed by atoms with Gasteiger partial charge in [-0.2, -0.15) is 5.10 Å². The molecule has 8 heteroatoms. The molecule has 1 aromatic heterocycles. The van der Waals surface area contributed by atoms with Gasteiger partial charge in [0.05, 0.1) is 24.0 Å². The topological polar surface area (TPSA) is 93.5 Å². The van der Waals surface area contributed by atoms with Crippen molar-refractivity contribution in [1.29, 1.82) is 0 Å². The van der Waals surface area contributed by atoms with E-state index >= 15 is 0 Å². The summed E-state index contributed by atoms with van der Waals surface area (Å²) in [6.45, 7) is 0. The number of aromatic nitrogens is 2. The Labute approximate surface area is 147 Å². The number of hydrogen-bond acceptors (Lipinski definition) is 4. The summed E-state index contributed by atoms with van der Waals surface area (Å²) in [6.07, 6.45) is 1.55. The number of rotatable bonds is 5. The summed E-state index contributed by atoms with van der Waals surface area (Å²) >= 11 is 0. The molecule has 0 atom stereocenters. The van der Waals surface area contributed by atoms with Gasteiger partial charge < -0.3 is 15.2 Å². The summed E-state index contributed by atoms with van der Waals surface area (Å²) in [5.41, 5.74) is 0.693. The van der Waals surface area contributed by atoms with Crippen LogP contribution in [-0.4, -0.2) is 33.9 Å². The summed E-state index contributed by atoms with van der Waals surface area (Å²) in [5.74, 6) is -1.78. The summed E-state index contributed by atoms with van der Waals surface area (Å²) < 4.78 is 19.4. The van der Waals surface area contributed by atoms with Crippen molar-refractivity contribution in [1.82, 2.24) is 9.78 Å². The van der Waals surface area contributed by atoms with Crippen molar-refractivity contribution in [3.05, 3.63) is 71.8 Å². The van der Waals surface area contributed by atoms with Crippen LogP contribution in [0.2, 0.25) is 0 Å². The molecular weight excluding hydrogens is 341 g/mol. The minimum absolute atomic E-state index is 0.0847. The number of methoxy groups -OCH3 is 1. The minimum atomic E-state index is -1.20. The molecule has 7 nitrogen and oxygen atoms in total. The fourth-order valence-corrected chi connectivity index (χ4v) is 2.31. The van der Waals surface area contributed by atoms with Crippen LogP contribution in [0.3, 0.4) is 0 Å². The molecule has 26 heavy (non-hydrogen) atoms. The lowest BCUT2D eigenvalue weighted by atomic mass is 10.1. The molecule has 3 aromatic rings. The molecule has 132 valence electrons. The highest BCUT2D eigenvalue weighted by atomic mass is 19.1. The van der Waals surface area contributed by atoms with Crippen LogP contribution in [-0.2, 0) is 0 Å². The van der Waals surface area contributed by atoms with Crippen LogP contribution in [0.5, 0.6) is 5.75 Å². The molecule has 0 fully saturated rings. The second kappa shape index (κ2) is 7.06. The fourth-order valence-electron chi connectivity index (χ4n) is 2.31. The van der Waals surface area contributed by atoms with Gasteiger partial charge in [-0.15, -0.1) is 0 Å². The number of nitrogens with zero attached hydrogens (tertiary/aromatic N) is 2. The molecule has 3 rings (SSSR count). The quantitative estimate of drug-likeness (QED) is 0.734. The van der Waals surface area contributed by atoms with E-state index in [2.05, 4.69) is 10.4 Å². The number of hydrogen-bond donors (Lipinski definition) is 2. The minimum Gasteiger partial charge on any atom is -0.497 e. The van der Waals surface area contributed by atoms with Crippen molar-refractivity contribution in [2.24, 2.45) is 0 Å². The average Bonchev–Trinajstić information content (AvgIpc) is 3.12. The molecule has 1 heterocycles. The number of carbonyl (C=O) groups excluding carboxylic acids is 1. The zero-order chi connectivity index (χ0) is 18.7. The van der Waals surface area contributed by atoms with Crippen LogP contribution in [0.25, 0.3) is 5.69 Å². The zero-order valence-electron chi connectivity index (χ0n) is 13.6. The Bertz CT molecular complexity index is 967. The van der Waals surface area contributed by atoms with Crippen molar-refractivity contribution in [3.8, 4) is 11.4 Å². The standard InChI is InChI=1S/C18H14FN3O4/c1-26-13-6-7-15(14(10-13)18(24)25)20-17(23)16-8-9-22(21-16)12-4-2-11(19)3-5-12/h2-10H,1H3,(H,20,23)(H,24,25). The average molecular weight is 355 g/mol. The van der Waals surface area contributed by atoms with Crippen molar-refractivity contribution < 1.29 is 23.8 Å². The number of aromatic carboxylic acids is 1. The van der Waals surface area contributed by atoms with E-state index in [0.29, 0.717) is 11.4 Å². The first-order chi connectivity index (χ1) is 12.5. The maximum atomic E-state index is 13.0. The lowest BCUT2D eigenvalue weighted by Gasteiger charge is -2.09. The summed E-state index contributed by atoms with van der Waals surface area (Å²) in [5, 5.41) is 15.9. The van der Waals surface area contributed by atoms with Crippen molar-refractivity contribution in [2.75, 3.05) is 12.4 Å². The van der Waals surface area contributed by atoms with Gasteiger partial charge in [-0.25, -0.2) is 13.9 Å². The van der Waals surface area contributed by atoms with Gasteiger partial charge in [0.1, 0.15) is 11.6 Å². The number of amides is 1. The SMILES string of the molecule is COc1ccc(NC(=O)c2ccn(-c3ccc(F)cc3)n2)c(C(=O)O)c1. The van der Waals surface area contributed by atoms with Crippen LogP contribution >= 0.6 is 0 Å². The second-order valence-corrected chi connectivity index (χ2v) is 5.29. The Kier molecular flexibility index (Phi) is 4.66. The molecule has 2 aromatic carbocycles. The number of nitrogens with one attached hydrogen (secondary N) is 1. The monoisotopic (exact) mass is 355 g/mol. The molecule has 0 aliphatic rings. The van der Waals surface area contributed by atoms with Crippen molar-refractivity contribution in [3.63, 3.8) is 0 Å². The molecule has 0 saturated carbocycles. The molecule has 0 bridgehead atoms. The van der Waals surface area contributed by atoms with E-state index in [1.165, 1.54) is 54.3 Å². The number of benzene rings is 2. The third kappa shape index (κ3) is 3.54. The molecule has 0 aliphatic heterocycles. The first kappa shape index (κ1) is 17.2. The Morgan fingerprint density at radius 2 is 1.88 bits per heavy atom. The summed E-state index contributed by atoms with van der Waals surface area (Å²) in [6, 6.07) is 11.4. The Morgan fingerprint density at radius 1 is 1.15 bits per heavy atom. The maximum Gasteiger partial charge on any atom is 0.337 e. The Morgan fingerprint density at radius 3 is 2.54 bits per heavy atom. The predicted molar refractivity (Wildman–Crippen MR) is 91.4 cm³/mol. The highest BCUT2D eigenvalue weighted by Crippen LogP contribution is 2.22. The van der Waals surface area contributed by atoms with Gasteiger partial charge >= 0.3 is 5.97 Å². The third-order valence-electron chi connectivity index (χ3n) is 3.62. The Balaban J connectivity index is 1.83. The largest absolute Gasteiger partial charge is 0.497 e. The van der Waals surface area contributed by atoms with Crippen LogP contribution < -0.4 is 10.1 Å². The molecule has 0 unspecified atom stereocenters. The van der Waals surface area contributed by atoms with Crippen molar-refractivity contribution >= 4 is 17.6 Å². The van der Waals surface area contributed by atoms with Gasteiger partial charge in [-0.3, -0.25) is 4.79 Å². The summed E-state index contributed by atoms with van der Waals surface area (Å²) in [7, 11) is 1.42. The van der Waals surface area contributed by atoms with E-state index in [4.69, 9.17) is 4.74 Å². The molecule has 2 N–H and O–H groups in total. The number of ether oxygens (including phenoxy) is 1. The lowest BCUT2D eigenvalue weighted by molar-refractivity contribution is 0.0697. The van der Waals surface area contributed by atoms with Crippen LogP contribution in [0.1, 0.15) is 20.8 Å². The Hall–Kier alpha value is -3.68. The van der Waals surface area contributed by atoms with E-state index in [-0.39, 0.29) is 22.8 Å². The van der Waals surface area contributed by atoms with E-state index in [9.17, 15) is 19.1 Å². The van der Waals surface area contributed by atoms with E-state index in [1.54, 1.807) is 12.3 Å². The number of halogens is 1. The number of carbonyl (C=O) groups is 2. The molecular formula is C18H14FN3O4. The van der Waals surface area contributed by atoms with Crippen LogP contribution in [0.15, 0.2) is 54.7 Å². The smallest absolute Gasteiger partial charge is 0.337 e. The maximum absolute atomic E-state index is 13.0. The van der Waals surface area contributed by atoms with Crippen LogP contribution in [0, 0.1) is 5.82 Å². The second-order valence-electron chi connectivity index (χ2n) is 5.29. The van der Waals surface area contributed by atoms with Crippen LogP contribution in [0.4, 0.5) is 10.1 Å². The zero-order valence-corrected chi connectivity index (χ0v) is 13.6. The summed E-state index contributed by atoms with van der Waals surface area (Å²) in [4.78, 5) is 23.7. The third-order valence-corrected chi connectivity index (χ3v) is 3.62. The number of carboxylic acid groups (broad SMARTS) is 1. The van der Waals surface area contributed by atoms with Gasteiger partial charge in [0.25, 0.3) is 5.91 Å². The normalized spacial score (nSPS) is 10.4. The van der Waals surface area contributed by atoms with E-state index < -0.39 is 11.9 Å². The van der Waals surface area contributed by atoms with E-state index in [1.807, 2.05) is 0 Å². The molecule has 1 amide bonds. The molecule has 0 saturated heterocycles. The van der Waals surface area contributed by atoms with Gasteiger partial charge in [0, 0.05) is 6.20 Å². The predicted octanol–water partition coefficient (Wildman–Crippen LogP) is 2.97. The molecule has 0 aliphatic carbocycles. The molecule has 0 spiro atoms. The number of carboxylic acids is 1. The fraction of sp³-hybridized carbons (Fsp3) is 0.0556. The van der Waals surface area contributed by atoms with Gasteiger partial charge in [0.2, 0.25) is 0 Å². The first-order valence-electron chi connectivity index (χ1n) is 7.52. The molecule has 0 radical (unpaired) electrons. The van der Waals surface area contributed by atoms with Gasteiger partial charge in [-0.05, 0) is 48.5 Å². The first-order valence-corrected chi connectivity index (χ1v) is 7.52. The van der Waals surface area contributed by atoms with E-state index in [0.717, 1.165) is 0 Å².